The molecule has 1 aliphatic heterocycles. The third kappa shape index (κ3) is 3.24. The van der Waals surface area contributed by atoms with Crippen molar-refractivity contribution in [3.63, 3.8) is 0 Å². The molecule has 2 aromatic heterocycles. The van der Waals surface area contributed by atoms with E-state index in [0.29, 0.717) is 16.1 Å². The van der Waals surface area contributed by atoms with Crippen molar-refractivity contribution in [3.8, 4) is 5.75 Å². The van der Waals surface area contributed by atoms with Crippen LogP contribution in [0.1, 0.15) is 0 Å². The number of ether oxygens (including phenoxy) is 2. The summed E-state index contributed by atoms with van der Waals surface area (Å²) in [6, 6.07) is 6.01. The van der Waals surface area contributed by atoms with Crippen molar-refractivity contribution in [1.29, 1.82) is 0 Å². The number of anilines is 3. The van der Waals surface area contributed by atoms with E-state index in [1.54, 1.807) is 17.8 Å². The first-order valence-electron chi connectivity index (χ1n) is 7.88. The Morgan fingerprint density at radius 3 is 2.92 bits per heavy atom. The lowest BCUT2D eigenvalue weighted by Crippen LogP contribution is -2.36. The van der Waals surface area contributed by atoms with Crippen LogP contribution in [0, 0.1) is 0 Å². The summed E-state index contributed by atoms with van der Waals surface area (Å²) < 4.78 is 13.3. The van der Waals surface area contributed by atoms with Gasteiger partial charge in [0, 0.05) is 24.8 Å². The topological polar surface area (TPSA) is 76.8 Å². The van der Waals surface area contributed by atoms with Crippen LogP contribution in [0.15, 0.2) is 35.3 Å². The minimum atomic E-state index is 0.619. The molecule has 9 heteroatoms. The molecule has 0 spiro atoms. The van der Waals surface area contributed by atoms with E-state index in [4.69, 9.17) is 9.47 Å². The average molecular weight is 405 g/mol. The molecule has 1 saturated heterocycles. The summed E-state index contributed by atoms with van der Waals surface area (Å²) in [6.07, 6.45) is 3.26. The number of hydrogen-bond acceptors (Lipinski definition) is 7. The largest absolute Gasteiger partial charge is 0.495 e. The van der Waals surface area contributed by atoms with E-state index in [1.807, 2.05) is 18.2 Å². The lowest BCUT2D eigenvalue weighted by Gasteiger charge is -2.30. The van der Waals surface area contributed by atoms with Gasteiger partial charge < -0.3 is 19.7 Å². The average Bonchev–Trinajstić information content (AvgIpc) is 3.11. The van der Waals surface area contributed by atoms with E-state index in [-0.39, 0.29) is 0 Å². The molecule has 1 N–H and O–H groups in total. The normalized spacial score (nSPS) is 14.7. The lowest BCUT2D eigenvalue weighted by molar-refractivity contribution is 0.122. The molecule has 8 nitrogen and oxygen atoms in total. The molecule has 1 fully saturated rings. The standard InChI is InChI=1S/C16H17BrN6O2/c1-24-13-8-11(2-3-12(13)22-4-6-25-7-5-22)20-15-16-18-10-19-23(16)9-14(17)21-15/h2-3,8-10H,4-7H2,1H3,(H,20,21). The highest BCUT2D eigenvalue weighted by Crippen LogP contribution is 2.33. The summed E-state index contributed by atoms with van der Waals surface area (Å²) in [4.78, 5) is 11.0. The number of halogens is 1. The van der Waals surface area contributed by atoms with Gasteiger partial charge in [0.15, 0.2) is 11.5 Å². The summed E-state index contributed by atoms with van der Waals surface area (Å²) in [6.45, 7) is 3.18. The van der Waals surface area contributed by atoms with Crippen LogP contribution in [-0.4, -0.2) is 53.0 Å². The molecular formula is C16H17BrN6O2. The monoisotopic (exact) mass is 404 g/mol. The number of benzene rings is 1. The molecule has 0 unspecified atom stereocenters. The number of aromatic nitrogens is 4. The second-order valence-corrected chi connectivity index (χ2v) is 6.36. The van der Waals surface area contributed by atoms with Crippen LogP contribution >= 0.6 is 15.9 Å². The molecule has 0 atom stereocenters. The SMILES string of the molecule is COc1cc(Nc2nc(Br)cn3ncnc23)ccc1N1CCOCC1. The van der Waals surface area contributed by atoms with Crippen molar-refractivity contribution in [2.75, 3.05) is 43.6 Å². The molecule has 1 aliphatic rings. The number of morpholine rings is 1. The van der Waals surface area contributed by atoms with Crippen LogP contribution in [0.5, 0.6) is 5.75 Å². The Kier molecular flexibility index (Phi) is 4.41. The van der Waals surface area contributed by atoms with Crippen molar-refractivity contribution in [2.24, 2.45) is 0 Å². The fourth-order valence-corrected chi connectivity index (χ4v) is 3.21. The third-order valence-electron chi connectivity index (χ3n) is 4.03. The molecular weight excluding hydrogens is 388 g/mol. The summed E-state index contributed by atoms with van der Waals surface area (Å²) in [5, 5.41) is 7.43. The number of hydrogen-bond donors (Lipinski definition) is 1. The van der Waals surface area contributed by atoms with Crippen LogP contribution in [0.4, 0.5) is 17.2 Å². The fraction of sp³-hybridized carbons (Fsp3) is 0.312. The van der Waals surface area contributed by atoms with Crippen molar-refractivity contribution in [2.45, 2.75) is 0 Å². The van der Waals surface area contributed by atoms with Gasteiger partial charge in [0.25, 0.3) is 0 Å². The first kappa shape index (κ1) is 16.1. The minimum Gasteiger partial charge on any atom is -0.495 e. The molecule has 4 rings (SSSR count). The zero-order valence-corrected chi connectivity index (χ0v) is 15.2. The zero-order chi connectivity index (χ0) is 17.2. The van der Waals surface area contributed by atoms with E-state index in [2.05, 4.69) is 41.2 Å². The number of nitrogens with zero attached hydrogens (tertiary/aromatic N) is 5. The van der Waals surface area contributed by atoms with Crippen LogP contribution in [-0.2, 0) is 4.74 Å². The first-order valence-corrected chi connectivity index (χ1v) is 8.67. The van der Waals surface area contributed by atoms with Gasteiger partial charge in [-0.25, -0.2) is 14.5 Å². The zero-order valence-electron chi connectivity index (χ0n) is 13.6. The van der Waals surface area contributed by atoms with Crippen molar-refractivity contribution < 1.29 is 9.47 Å². The highest BCUT2D eigenvalue weighted by molar-refractivity contribution is 9.10. The predicted molar refractivity (Wildman–Crippen MR) is 97.8 cm³/mol. The van der Waals surface area contributed by atoms with Crippen LogP contribution < -0.4 is 15.0 Å². The number of nitrogens with one attached hydrogen (secondary N) is 1. The molecule has 0 saturated carbocycles. The summed E-state index contributed by atoms with van der Waals surface area (Å²) in [5.74, 6) is 1.42. The van der Waals surface area contributed by atoms with Crippen molar-refractivity contribution in [3.05, 3.63) is 35.3 Å². The second-order valence-electron chi connectivity index (χ2n) is 5.55. The lowest BCUT2D eigenvalue weighted by atomic mass is 10.2. The van der Waals surface area contributed by atoms with Crippen LogP contribution in [0.25, 0.3) is 5.65 Å². The Labute approximate surface area is 152 Å². The maximum absolute atomic E-state index is 5.59. The van der Waals surface area contributed by atoms with Gasteiger partial charge >= 0.3 is 0 Å². The molecule has 3 aromatic rings. The molecule has 130 valence electrons. The molecule has 3 heterocycles. The summed E-state index contributed by atoms with van der Waals surface area (Å²) in [7, 11) is 1.68. The molecule has 1 aromatic carbocycles. The van der Waals surface area contributed by atoms with Gasteiger partial charge in [-0.1, -0.05) is 0 Å². The summed E-state index contributed by atoms with van der Waals surface area (Å²) >= 11 is 3.39. The van der Waals surface area contributed by atoms with Crippen molar-refractivity contribution >= 4 is 38.8 Å². The quantitative estimate of drug-likeness (QED) is 0.715. The maximum Gasteiger partial charge on any atom is 0.198 e. The Bertz CT molecular complexity index is 893. The highest BCUT2D eigenvalue weighted by Gasteiger charge is 2.16. The molecule has 0 aliphatic carbocycles. The van der Waals surface area contributed by atoms with Gasteiger partial charge in [-0.2, -0.15) is 5.10 Å². The Morgan fingerprint density at radius 1 is 1.28 bits per heavy atom. The second kappa shape index (κ2) is 6.85. The smallest absolute Gasteiger partial charge is 0.198 e. The number of methoxy groups -OCH3 is 1. The van der Waals surface area contributed by atoms with E-state index in [0.717, 1.165) is 43.4 Å². The van der Waals surface area contributed by atoms with E-state index < -0.39 is 0 Å². The first-order chi connectivity index (χ1) is 12.2. The van der Waals surface area contributed by atoms with Gasteiger partial charge in [0.2, 0.25) is 0 Å². The maximum atomic E-state index is 5.59. The molecule has 25 heavy (non-hydrogen) atoms. The Hall–Kier alpha value is -2.39. The molecule has 0 radical (unpaired) electrons. The van der Waals surface area contributed by atoms with Crippen LogP contribution in [0.3, 0.4) is 0 Å². The van der Waals surface area contributed by atoms with Gasteiger partial charge in [-0.3, -0.25) is 0 Å². The number of fused-ring (bicyclic) bond motifs is 1. The predicted octanol–water partition coefficient (Wildman–Crippen LogP) is 2.48. The van der Waals surface area contributed by atoms with E-state index in [9.17, 15) is 0 Å². The van der Waals surface area contributed by atoms with E-state index >= 15 is 0 Å². The van der Waals surface area contributed by atoms with Gasteiger partial charge in [0.05, 0.1) is 32.2 Å². The van der Waals surface area contributed by atoms with Gasteiger partial charge in [-0.15, -0.1) is 0 Å². The van der Waals surface area contributed by atoms with Gasteiger partial charge in [-0.05, 0) is 28.1 Å². The van der Waals surface area contributed by atoms with E-state index in [1.165, 1.54) is 6.33 Å². The van der Waals surface area contributed by atoms with Crippen LogP contribution in [0.2, 0.25) is 0 Å². The third-order valence-corrected chi connectivity index (χ3v) is 4.41. The minimum absolute atomic E-state index is 0.619. The Morgan fingerprint density at radius 2 is 2.12 bits per heavy atom. The Balaban J connectivity index is 1.65. The molecule has 0 bridgehead atoms. The number of rotatable bonds is 4. The van der Waals surface area contributed by atoms with Gasteiger partial charge in [0.1, 0.15) is 16.7 Å². The summed E-state index contributed by atoms with van der Waals surface area (Å²) in [5.41, 5.74) is 2.58. The van der Waals surface area contributed by atoms with Crippen molar-refractivity contribution in [1.82, 2.24) is 19.6 Å². The molecule has 0 amide bonds. The highest BCUT2D eigenvalue weighted by atomic mass is 79.9. The fourth-order valence-electron chi connectivity index (χ4n) is 2.84.